The third-order valence-corrected chi connectivity index (χ3v) is 6.17. The Kier molecular flexibility index (Phi) is 4.77. The molecule has 1 aliphatic rings. The smallest absolute Gasteiger partial charge is 0.187 e. The number of rotatable bonds is 6. The summed E-state index contributed by atoms with van der Waals surface area (Å²) in [6.07, 6.45) is 9.43. The van der Waals surface area contributed by atoms with E-state index >= 15 is 0 Å². The third-order valence-electron chi connectivity index (χ3n) is 5.41. The lowest BCUT2D eigenvalue weighted by atomic mass is 9.93. The lowest BCUT2D eigenvalue weighted by molar-refractivity contribution is 0.445. The first kappa shape index (κ1) is 17.9. The molecule has 5 nitrogen and oxygen atoms in total. The molecule has 4 aromatic rings. The topological polar surface area (TPSA) is 54.8 Å². The third kappa shape index (κ3) is 3.89. The van der Waals surface area contributed by atoms with Gasteiger partial charge in [-0.25, -0.2) is 9.97 Å². The van der Waals surface area contributed by atoms with Gasteiger partial charge in [0.15, 0.2) is 5.13 Å². The van der Waals surface area contributed by atoms with Gasteiger partial charge in [-0.05, 0) is 62.1 Å². The zero-order valence-corrected chi connectivity index (χ0v) is 17.1. The summed E-state index contributed by atoms with van der Waals surface area (Å²) in [6.45, 7) is 2.14. The van der Waals surface area contributed by atoms with Crippen LogP contribution in [0, 0.1) is 6.92 Å². The summed E-state index contributed by atoms with van der Waals surface area (Å²) in [5.41, 5.74) is 6.70. The van der Waals surface area contributed by atoms with E-state index in [4.69, 9.17) is 4.98 Å². The number of aryl methyl sites for hydroxylation is 1. The SMILES string of the molecule is Cc1cc(NC2CCC2)ccc1Nc1nc(-c2ccc(-n3ccnc3)cc2)cs1. The molecular formula is C23H23N5S. The Bertz CT molecular complexity index is 1090. The van der Waals surface area contributed by atoms with Crippen molar-refractivity contribution in [3.05, 3.63) is 72.1 Å². The van der Waals surface area contributed by atoms with Gasteiger partial charge in [0.05, 0.1) is 12.0 Å². The van der Waals surface area contributed by atoms with Crippen molar-refractivity contribution in [3.8, 4) is 16.9 Å². The maximum atomic E-state index is 4.78. The first-order valence-electron chi connectivity index (χ1n) is 9.93. The Hall–Kier alpha value is -3.12. The predicted molar refractivity (Wildman–Crippen MR) is 120 cm³/mol. The molecule has 0 atom stereocenters. The highest BCUT2D eigenvalue weighted by molar-refractivity contribution is 7.14. The summed E-state index contributed by atoms with van der Waals surface area (Å²) in [5, 5.41) is 10.1. The molecular weight excluding hydrogens is 378 g/mol. The van der Waals surface area contributed by atoms with Crippen LogP contribution >= 0.6 is 11.3 Å². The van der Waals surface area contributed by atoms with Crippen molar-refractivity contribution in [2.24, 2.45) is 0 Å². The molecule has 0 amide bonds. The van der Waals surface area contributed by atoms with E-state index in [1.807, 2.05) is 10.8 Å². The predicted octanol–water partition coefficient (Wildman–Crippen LogP) is 6.01. The maximum absolute atomic E-state index is 4.78. The van der Waals surface area contributed by atoms with Crippen molar-refractivity contribution >= 4 is 27.8 Å². The van der Waals surface area contributed by atoms with Crippen molar-refractivity contribution in [1.29, 1.82) is 0 Å². The van der Waals surface area contributed by atoms with Crippen LogP contribution in [0.15, 0.2) is 66.6 Å². The van der Waals surface area contributed by atoms with Crippen LogP contribution in [0.2, 0.25) is 0 Å². The highest BCUT2D eigenvalue weighted by Crippen LogP contribution is 2.30. The Balaban J connectivity index is 1.29. The average Bonchev–Trinajstić information content (AvgIpc) is 3.39. The fourth-order valence-electron chi connectivity index (χ4n) is 3.48. The standard InChI is InChI=1S/C23H23N5S/c1-16-13-19(25-18-3-2-4-18)7-10-21(16)26-23-27-22(14-29-23)17-5-8-20(9-6-17)28-12-11-24-15-28/h5-15,18,25H,2-4H2,1H3,(H,26,27). The van der Waals surface area contributed by atoms with Gasteiger partial charge in [0.2, 0.25) is 0 Å². The molecule has 1 fully saturated rings. The normalized spacial score (nSPS) is 13.8. The number of aromatic nitrogens is 3. The van der Waals surface area contributed by atoms with Gasteiger partial charge < -0.3 is 15.2 Å². The number of hydrogen-bond acceptors (Lipinski definition) is 5. The maximum Gasteiger partial charge on any atom is 0.187 e. The fourth-order valence-corrected chi connectivity index (χ4v) is 4.21. The molecule has 0 radical (unpaired) electrons. The van der Waals surface area contributed by atoms with Gasteiger partial charge in [0, 0.05) is 46.4 Å². The molecule has 6 heteroatoms. The number of imidazole rings is 1. The first-order chi connectivity index (χ1) is 14.2. The number of thiazole rings is 1. The first-order valence-corrected chi connectivity index (χ1v) is 10.8. The van der Waals surface area contributed by atoms with E-state index in [0.29, 0.717) is 6.04 Å². The van der Waals surface area contributed by atoms with Crippen LogP contribution in [0.3, 0.4) is 0 Å². The largest absolute Gasteiger partial charge is 0.382 e. The minimum Gasteiger partial charge on any atom is -0.382 e. The van der Waals surface area contributed by atoms with E-state index in [1.165, 1.54) is 30.5 Å². The lowest BCUT2D eigenvalue weighted by Gasteiger charge is -2.27. The zero-order chi connectivity index (χ0) is 19.6. The molecule has 5 rings (SSSR count). The summed E-state index contributed by atoms with van der Waals surface area (Å²) < 4.78 is 1.99. The zero-order valence-electron chi connectivity index (χ0n) is 16.3. The van der Waals surface area contributed by atoms with E-state index in [1.54, 1.807) is 23.9 Å². The Labute approximate surface area is 174 Å². The van der Waals surface area contributed by atoms with E-state index in [-0.39, 0.29) is 0 Å². The highest BCUT2D eigenvalue weighted by atomic mass is 32.1. The highest BCUT2D eigenvalue weighted by Gasteiger charge is 2.17. The van der Waals surface area contributed by atoms with Crippen LogP contribution in [0.1, 0.15) is 24.8 Å². The molecule has 2 heterocycles. The van der Waals surface area contributed by atoms with Gasteiger partial charge >= 0.3 is 0 Å². The van der Waals surface area contributed by atoms with Gasteiger partial charge in [-0.15, -0.1) is 11.3 Å². The van der Waals surface area contributed by atoms with Gasteiger partial charge in [0.1, 0.15) is 0 Å². The van der Waals surface area contributed by atoms with Gasteiger partial charge in [-0.3, -0.25) is 0 Å². The molecule has 2 aromatic heterocycles. The van der Waals surface area contributed by atoms with E-state index in [2.05, 4.69) is 70.4 Å². The van der Waals surface area contributed by atoms with Crippen LogP contribution in [0.5, 0.6) is 0 Å². The molecule has 0 aliphatic heterocycles. The Morgan fingerprint density at radius 1 is 1.10 bits per heavy atom. The van der Waals surface area contributed by atoms with E-state index in [9.17, 15) is 0 Å². The number of nitrogens with zero attached hydrogens (tertiary/aromatic N) is 3. The van der Waals surface area contributed by atoms with Gasteiger partial charge in [0.25, 0.3) is 0 Å². The second kappa shape index (κ2) is 7.72. The molecule has 1 saturated carbocycles. The number of benzene rings is 2. The molecule has 0 bridgehead atoms. The number of hydrogen-bond donors (Lipinski definition) is 2. The second-order valence-corrected chi connectivity index (χ2v) is 8.34. The van der Waals surface area contributed by atoms with E-state index in [0.717, 1.165) is 27.8 Å². The summed E-state index contributed by atoms with van der Waals surface area (Å²) in [4.78, 5) is 8.87. The number of nitrogens with one attached hydrogen (secondary N) is 2. The van der Waals surface area contributed by atoms with Gasteiger partial charge in [-0.2, -0.15) is 0 Å². The minimum atomic E-state index is 0.648. The minimum absolute atomic E-state index is 0.648. The molecule has 2 N–H and O–H groups in total. The molecule has 29 heavy (non-hydrogen) atoms. The fraction of sp³-hybridized carbons (Fsp3) is 0.217. The summed E-state index contributed by atoms with van der Waals surface area (Å²) in [5.74, 6) is 0. The molecule has 1 aliphatic carbocycles. The lowest BCUT2D eigenvalue weighted by Crippen LogP contribution is -2.26. The molecule has 0 saturated heterocycles. The van der Waals surface area contributed by atoms with Crippen LogP contribution < -0.4 is 10.6 Å². The summed E-state index contributed by atoms with van der Waals surface area (Å²) in [7, 11) is 0. The molecule has 0 spiro atoms. The van der Waals surface area contributed by atoms with E-state index < -0.39 is 0 Å². The average molecular weight is 402 g/mol. The van der Waals surface area contributed by atoms with Crippen molar-refractivity contribution in [2.45, 2.75) is 32.2 Å². The molecule has 146 valence electrons. The van der Waals surface area contributed by atoms with Crippen molar-refractivity contribution in [3.63, 3.8) is 0 Å². The quantitative estimate of drug-likeness (QED) is 0.415. The second-order valence-electron chi connectivity index (χ2n) is 7.48. The van der Waals surface area contributed by atoms with Crippen LogP contribution in [0.25, 0.3) is 16.9 Å². The van der Waals surface area contributed by atoms with Crippen LogP contribution in [-0.2, 0) is 0 Å². The Morgan fingerprint density at radius 2 is 1.97 bits per heavy atom. The van der Waals surface area contributed by atoms with Gasteiger partial charge in [-0.1, -0.05) is 12.1 Å². The molecule has 0 unspecified atom stereocenters. The van der Waals surface area contributed by atoms with Crippen LogP contribution in [0.4, 0.5) is 16.5 Å². The molecule has 2 aromatic carbocycles. The van der Waals surface area contributed by atoms with Crippen molar-refractivity contribution in [2.75, 3.05) is 10.6 Å². The summed E-state index contributed by atoms with van der Waals surface area (Å²) >= 11 is 1.62. The van der Waals surface area contributed by atoms with Crippen LogP contribution in [-0.4, -0.2) is 20.6 Å². The number of anilines is 3. The monoisotopic (exact) mass is 401 g/mol. The van der Waals surface area contributed by atoms with Crippen molar-refractivity contribution < 1.29 is 0 Å². The van der Waals surface area contributed by atoms with Crippen molar-refractivity contribution in [1.82, 2.24) is 14.5 Å². The Morgan fingerprint density at radius 3 is 2.66 bits per heavy atom. The summed E-state index contributed by atoms with van der Waals surface area (Å²) in [6, 6.07) is 15.5.